The second-order valence-corrected chi connectivity index (χ2v) is 7.46. The summed E-state index contributed by atoms with van der Waals surface area (Å²) in [6.45, 7) is 3.72. The standard InChI is InChI=1S/C21H21ClF3NO3/c1-3-5-12(2)29-17-7-4-6-14-18(17)20(28)26(19(14)27)11-13-8-9-16(22)15(10-13)21(23,24)25/h4,6-10,12,19,27H,3,5,11H2,1-2H3. The Morgan fingerprint density at radius 3 is 2.66 bits per heavy atom. The molecular weight excluding hydrogens is 407 g/mol. The summed E-state index contributed by atoms with van der Waals surface area (Å²) in [6, 6.07) is 8.38. The van der Waals surface area contributed by atoms with Crippen molar-refractivity contribution >= 4 is 17.5 Å². The van der Waals surface area contributed by atoms with E-state index in [4.69, 9.17) is 16.3 Å². The van der Waals surface area contributed by atoms with Crippen LogP contribution in [0.3, 0.4) is 0 Å². The number of aliphatic hydroxyl groups is 1. The molecule has 1 aliphatic heterocycles. The minimum absolute atomic E-state index is 0.115. The number of amides is 1. The fraction of sp³-hybridized carbons (Fsp3) is 0.381. The maximum Gasteiger partial charge on any atom is 0.417 e. The third-order valence-corrected chi connectivity index (χ3v) is 5.15. The van der Waals surface area contributed by atoms with E-state index in [1.165, 1.54) is 6.07 Å². The van der Waals surface area contributed by atoms with Gasteiger partial charge >= 0.3 is 6.18 Å². The quantitative estimate of drug-likeness (QED) is 0.655. The number of fused-ring (bicyclic) bond motifs is 1. The zero-order valence-corrected chi connectivity index (χ0v) is 16.7. The molecule has 29 heavy (non-hydrogen) atoms. The van der Waals surface area contributed by atoms with Gasteiger partial charge < -0.3 is 14.7 Å². The number of rotatable bonds is 6. The summed E-state index contributed by atoms with van der Waals surface area (Å²) >= 11 is 5.66. The Morgan fingerprint density at radius 1 is 1.28 bits per heavy atom. The van der Waals surface area contributed by atoms with E-state index in [0.29, 0.717) is 11.3 Å². The summed E-state index contributed by atoms with van der Waals surface area (Å²) in [5.74, 6) is -0.127. The zero-order valence-electron chi connectivity index (χ0n) is 16.0. The third kappa shape index (κ3) is 4.36. The molecule has 2 unspecified atom stereocenters. The molecule has 2 aromatic rings. The molecule has 156 valence electrons. The molecule has 1 heterocycles. The van der Waals surface area contributed by atoms with E-state index in [9.17, 15) is 23.1 Å². The van der Waals surface area contributed by atoms with Crippen molar-refractivity contribution in [2.45, 2.75) is 51.7 Å². The van der Waals surface area contributed by atoms with Crippen LogP contribution in [0.5, 0.6) is 5.75 Å². The van der Waals surface area contributed by atoms with E-state index < -0.39 is 28.9 Å². The number of halogens is 4. The average molecular weight is 428 g/mol. The van der Waals surface area contributed by atoms with Crippen LogP contribution in [0.1, 0.15) is 60.0 Å². The first-order valence-corrected chi connectivity index (χ1v) is 9.65. The van der Waals surface area contributed by atoms with E-state index in [0.717, 1.165) is 29.9 Å². The van der Waals surface area contributed by atoms with Crippen molar-refractivity contribution in [1.82, 2.24) is 4.90 Å². The van der Waals surface area contributed by atoms with Crippen LogP contribution in [-0.2, 0) is 12.7 Å². The smallest absolute Gasteiger partial charge is 0.417 e. The van der Waals surface area contributed by atoms with Crippen molar-refractivity contribution in [3.63, 3.8) is 0 Å². The molecule has 2 atom stereocenters. The highest BCUT2D eigenvalue weighted by molar-refractivity contribution is 6.31. The Balaban J connectivity index is 1.89. The fourth-order valence-corrected chi connectivity index (χ4v) is 3.66. The Bertz CT molecular complexity index is 917. The highest BCUT2D eigenvalue weighted by Crippen LogP contribution is 2.40. The van der Waals surface area contributed by atoms with Crippen molar-refractivity contribution in [3.05, 3.63) is 63.7 Å². The van der Waals surface area contributed by atoms with Gasteiger partial charge in [-0.2, -0.15) is 13.2 Å². The van der Waals surface area contributed by atoms with Crippen molar-refractivity contribution in [3.8, 4) is 5.75 Å². The lowest BCUT2D eigenvalue weighted by Gasteiger charge is -2.21. The van der Waals surface area contributed by atoms with Gasteiger partial charge in [0.2, 0.25) is 0 Å². The summed E-state index contributed by atoms with van der Waals surface area (Å²) in [7, 11) is 0. The first-order chi connectivity index (χ1) is 13.6. The minimum atomic E-state index is -4.61. The van der Waals surface area contributed by atoms with Crippen LogP contribution in [0.25, 0.3) is 0 Å². The van der Waals surface area contributed by atoms with Crippen molar-refractivity contribution in [2.24, 2.45) is 0 Å². The lowest BCUT2D eigenvalue weighted by atomic mass is 10.1. The number of carbonyl (C=O) groups is 1. The van der Waals surface area contributed by atoms with E-state index in [2.05, 4.69) is 0 Å². The Morgan fingerprint density at radius 2 is 2.00 bits per heavy atom. The van der Waals surface area contributed by atoms with E-state index >= 15 is 0 Å². The van der Waals surface area contributed by atoms with Gasteiger partial charge in [0.05, 0.1) is 22.3 Å². The average Bonchev–Trinajstić information content (AvgIpc) is 2.88. The van der Waals surface area contributed by atoms with E-state index in [1.807, 2.05) is 13.8 Å². The minimum Gasteiger partial charge on any atom is -0.490 e. The van der Waals surface area contributed by atoms with Gasteiger partial charge in [-0.15, -0.1) is 0 Å². The lowest BCUT2D eigenvalue weighted by Crippen LogP contribution is -2.27. The van der Waals surface area contributed by atoms with Crippen LogP contribution in [-0.4, -0.2) is 22.0 Å². The summed E-state index contributed by atoms with van der Waals surface area (Å²) in [6.07, 6.45) is -4.28. The van der Waals surface area contributed by atoms with Crippen LogP contribution < -0.4 is 4.74 Å². The van der Waals surface area contributed by atoms with Gasteiger partial charge in [0, 0.05) is 12.1 Å². The molecule has 0 radical (unpaired) electrons. The number of aliphatic hydroxyl groups excluding tert-OH is 1. The Hall–Kier alpha value is -2.25. The molecule has 1 aliphatic rings. The van der Waals surface area contributed by atoms with Gasteiger partial charge in [0.15, 0.2) is 6.23 Å². The topological polar surface area (TPSA) is 49.8 Å². The van der Waals surface area contributed by atoms with Gasteiger partial charge in [-0.3, -0.25) is 4.79 Å². The number of nitrogens with zero attached hydrogens (tertiary/aromatic N) is 1. The highest BCUT2D eigenvalue weighted by atomic mass is 35.5. The molecule has 0 spiro atoms. The monoisotopic (exact) mass is 427 g/mol. The van der Waals surface area contributed by atoms with Crippen molar-refractivity contribution in [1.29, 1.82) is 0 Å². The van der Waals surface area contributed by atoms with Gasteiger partial charge in [-0.25, -0.2) is 0 Å². The van der Waals surface area contributed by atoms with E-state index in [-0.39, 0.29) is 23.8 Å². The number of hydrogen-bond donors (Lipinski definition) is 1. The molecule has 0 aromatic heterocycles. The largest absolute Gasteiger partial charge is 0.490 e. The maximum atomic E-state index is 13.1. The molecule has 0 aliphatic carbocycles. The number of alkyl halides is 3. The number of hydrogen-bond acceptors (Lipinski definition) is 3. The molecule has 3 rings (SSSR count). The van der Waals surface area contributed by atoms with Gasteiger partial charge in [0.25, 0.3) is 5.91 Å². The zero-order chi connectivity index (χ0) is 21.3. The Labute approximate surface area is 171 Å². The second kappa shape index (κ2) is 8.24. The molecule has 0 saturated heterocycles. The van der Waals surface area contributed by atoms with Crippen molar-refractivity contribution in [2.75, 3.05) is 0 Å². The van der Waals surface area contributed by atoms with Crippen LogP contribution in [0, 0.1) is 0 Å². The molecule has 0 fully saturated rings. The summed E-state index contributed by atoms with van der Waals surface area (Å²) in [5.41, 5.74) is -0.148. The molecule has 0 saturated carbocycles. The lowest BCUT2D eigenvalue weighted by molar-refractivity contribution is -0.137. The summed E-state index contributed by atoms with van der Waals surface area (Å²) in [4.78, 5) is 14.1. The highest BCUT2D eigenvalue weighted by Gasteiger charge is 2.39. The number of benzene rings is 2. The van der Waals surface area contributed by atoms with Crippen LogP contribution in [0.15, 0.2) is 36.4 Å². The fourth-order valence-electron chi connectivity index (χ4n) is 3.44. The van der Waals surface area contributed by atoms with Gasteiger partial charge in [0.1, 0.15) is 5.75 Å². The normalized spacial score (nSPS) is 17.4. The number of ether oxygens (including phenoxy) is 1. The molecule has 2 aromatic carbocycles. The maximum absolute atomic E-state index is 13.1. The molecule has 1 amide bonds. The van der Waals surface area contributed by atoms with Crippen LogP contribution in [0.4, 0.5) is 13.2 Å². The predicted molar refractivity (Wildman–Crippen MR) is 103 cm³/mol. The van der Waals surface area contributed by atoms with Crippen LogP contribution in [0.2, 0.25) is 5.02 Å². The second-order valence-electron chi connectivity index (χ2n) is 7.06. The third-order valence-electron chi connectivity index (χ3n) is 4.82. The Kier molecular flexibility index (Phi) is 6.10. The number of carbonyl (C=O) groups excluding carboxylic acids is 1. The summed E-state index contributed by atoms with van der Waals surface area (Å²) in [5, 5.41) is 10.2. The molecule has 8 heteroatoms. The summed E-state index contributed by atoms with van der Waals surface area (Å²) < 4.78 is 45.2. The first kappa shape index (κ1) is 21.5. The van der Waals surface area contributed by atoms with Crippen molar-refractivity contribution < 1.29 is 27.8 Å². The molecule has 0 bridgehead atoms. The first-order valence-electron chi connectivity index (χ1n) is 9.27. The molecular formula is C21H21ClF3NO3. The van der Waals surface area contributed by atoms with E-state index in [1.54, 1.807) is 18.2 Å². The molecule has 4 nitrogen and oxygen atoms in total. The molecule has 1 N–H and O–H groups in total. The predicted octanol–water partition coefficient (Wildman–Crippen LogP) is 5.57. The SMILES string of the molecule is CCCC(C)Oc1cccc2c1C(=O)N(Cc1ccc(Cl)c(C(F)(F)F)c1)C2O. The van der Waals surface area contributed by atoms with Crippen LogP contribution >= 0.6 is 11.6 Å². The van der Waals surface area contributed by atoms with Gasteiger partial charge in [-0.1, -0.05) is 43.1 Å². The van der Waals surface area contributed by atoms with Gasteiger partial charge in [-0.05, 0) is 37.1 Å².